The zero-order valence-electron chi connectivity index (χ0n) is 13.6. The van der Waals surface area contributed by atoms with Crippen LogP contribution in [0.15, 0.2) is 29.6 Å². The minimum atomic E-state index is -3.69. The molecule has 23 heavy (non-hydrogen) atoms. The maximum atomic E-state index is 12.4. The molecule has 2 N–H and O–H groups in total. The molecule has 2 rings (SSSR count). The lowest BCUT2D eigenvalue weighted by atomic mass is 10.1. The van der Waals surface area contributed by atoms with Crippen LogP contribution in [0.2, 0.25) is 0 Å². The van der Waals surface area contributed by atoms with Gasteiger partial charge in [-0.2, -0.15) is 5.10 Å². The summed E-state index contributed by atoms with van der Waals surface area (Å²) in [7, 11) is 1.24. The van der Waals surface area contributed by atoms with Crippen molar-refractivity contribution in [3.63, 3.8) is 0 Å². The number of nitrogens with one attached hydrogen (secondary N) is 2. The van der Waals surface area contributed by atoms with E-state index in [0.29, 0.717) is 6.42 Å². The van der Waals surface area contributed by atoms with Crippen molar-refractivity contribution in [2.45, 2.75) is 24.3 Å². The number of amides is 1. The van der Waals surface area contributed by atoms with Crippen LogP contribution in [-0.4, -0.2) is 41.8 Å². The molecular formula is C14H21N5O3S. The summed E-state index contributed by atoms with van der Waals surface area (Å²) in [6, 6.07) is 1.06. The lowest BCUT2D eigenvalue weighted by molar-refractivity contribution is 0.0955. The molecule has 2 aromatic heterocycles. The van der Waals surface area contributed by atoms with Gasteiger partial charge in [-0.15, -0.1) is 0 Å². The summed E-state index contributed by atoms with van der Waals surface area (Å²) in [5.41, 5.74) is 1.23. The molecule has 126 valence electrons. The van der Waals surface area contributed by atoms with Crippen molar-refractivity contribution in [3.05, 3.63) is 35.9 Å². The first-order valence-electron chi connectivity index (χ1n) is 7.11. The van der Waals surface area contributed by atoms with E-state index in [1.807, 2.05) is 13.2 Å². The Morgan fingerprint density at radius 1 is 1.35 bits per heavy atom. The fraction of sp³-hybridized carbons (Fsp3) is 0.429. The third kappa shape index (κ3) is 3.99. The Balaban J connectivity index is 2.13. The van der Waals surface area contributed by atoms with Crippen molar-refractivity contribution < 1.29 is 13.2 Å². The largest absolute Gasteiger partial charge is 0.354 e. The first-order valence-corrected chi connectivity index (χ1v) is 8.59. The summed E-state index contributed by atoms with van der Waals surface area (Å²) in [5, 5.41) is 6.54. The molecule has 0 aliphatic carbocycles. The van der Waals surface area contributed by atoms with E-state index < -0.39 is 10.0 Å². The molecule has 0 radical (unpaired) electrons. The minimum absolute atomic E-state index is 0.0663. The number of nitrogens with zero attached hydrogens (tertiary/aromatic N) is 3. The Bertz CT molecular complexity index is 806. The molecule has 1 atom stereocenters. The Labute approximate surface area is 135 Å². The number of carbonyl (C=O) groups excluding carboxylic acids is 1. The second-order valence-corrected chi connectivity index (χ2v) is 7.21. The predicted molar refractivity (Wildman–Crippen MR) is 85.5 cm³/mol. The van der Waals surface area contributed by atoms with E-state index in [1.54, 1.807) is 24.9 Å². The van der Waals surface area contributed by atoms with Crippen LogP contribution >= 0.6 is 0 Å². The third-order valence-corrected chi connectivity index (χ3v) is 4.96. The highest BCUT2D eigenvalue weighted by atomic mass is 32.2. The zero-order chi connectivity index (χ0) is 17.2. The van der Waals surface area contributed by atoms with Crippen LogP contribution in [0.1, 0.15) is 23.0 Å². The molecule has 0 bridgehead atoms. The molecule has 9 heteroatoms. The SMILES string of the molecule is CNC(=O)c1cc(S(=O)(=O)NC(C)Cc2cnn(C)c2)cn1C. The molecule has 1 unspecified atom stereocenters. The van der Waals surface area contributed by atoms with Gasteiger partial charge < -0.3 is 9.88 Å². The first kappa shape index (κ1) is 17.2. The van der Waals surface area contributed by atoms with E-state index in [9.17, 15) is 13.2 Å². The van der Waals surface area contributed by atoms with Gasteiger partial charge in [-0.3, -0.25) is 9.48 Å². The van der Waals surface area contributed by atoms with Crippen molar-refractivity contribution >= 4 is 15.9 Å². The number of sulfonamides is 1. The first-order chi connectivity index (χ1) is 10.7. The summed E-state index contributed by atoms with van der Waals surface area (Å²) in [6.07, 6.45) is 5.50. The van der Waals surface area contributed by atoms with Crippen LogP contribution in [-0.2, 0) is 30.5 Å². The van der Waals surface area contributed by atoms with E-state index in [-0.39, 0.29) is 22.5 Å². The van der Waals surface area contributed by atoms with E-state index in [4.69, 9.17) is 0 Å². The molecule has 2 heterocycles. The summed E-state index contributed by atoms with van der Waals surface area (Å²) < 4.78 is 30.6. The lowest BCUT2D eigenvalue weighted by Crippen LogP contribution is -2.33. The van der Waals surface area contributed by atoms with Crippen LogP contribution in [0.4, 0.5) is 0 Å². The highest BCUT2D eigenvalue weighted by Crippen LogP contribution is 2.14. The summed E-state index contributed by atoms with van der Waals surface area (Å²) in [6.45, 7) is 1.78. The topological polar surface area (TPSA) is 98.0 Å². The van der Waals surface area contributed by atoms with Crippen molar-refractivity contribution in [1.82, 2.24) is 24.4 Å². The monoisotopic (exact) mass is 339 g/mol. The van der Waals surface area contributed by atoms with Gasteiger partial charge in [-0.05, 0) is 25.0 Å². The lowest BCUT2D eigenvalue weighted by Gasteiger charge is -2.12. The predicted octanol–water partition coefficient (Wildman–Crippen LogP) is 0.0277. The number of hydrogen-bond donors (Lipinski definition) is 2. The van der Waals surface area contributed by atoms with Gasteiger partial charge in [0, 0.05) is 39.6 Å². The van der Waals surface area contributed by atoms with Crippen LogP contribution < -0.4 is 10.0 Å². The zero-order valence-corrected chi connectivity index (χ0v) is 14.4. The van der Waals surface area contributed by atoms with E-state index in [1.165, 1.54) is 23.9 Å². The number of aromatic nitrogens is 3. The summed E-state index contributed by atoms with van der Waals surface area (Å²) in [5.74, 6) is -0.336. The Morgan fingerprint density at radius 2 is 2.04 bits per heavy atom. The molecule has 0 aliphatic heterocycles. The molecular weight excluding hydrogens is 318 g/mol. The van der Waals surface area contributed by atoms with Gasteiger partial charge in [0.15, 0.2) is 0 Å². The summed E-state index contributed by atoms with van der Waals surface area (Å²) >= 11 is 0. The number of carbonyl (C=O) groups is 1. The third-order valence-electron chi connectivity index (χ3n) is 3.41. The van der Waals surface area contributed by atoms with E-state index in [2.05, 4.69) is 15.1 Å². The van der Waals surface area contributed by atoms with Crippen LogP contribution in [0, 0.1) is 0 Å². The Morgan fingerprint density at radius 3 is 2.61 bits per heavy atom. The quantitative estimate of drug-likeness (QED) is 0.776. The summed E-state index contributed by atoms with van der Waals surface area (Å²) in [4.78, 5) is 11.8. The molecule has 0 aromatic carbocycles. The highest BCUT2D eigenvalue weighted by molar-refractivity contribution is 7.89. The van der Waals surface area contributed by atoms with Gasteiger partial charge in [-0.1, -0.05) is 0 Å². The van der Waals surface area contributed by atoms with Crippen molar-refractivity contribution in [2.24, 2.45) is 14.1 Å². The second kappa shape index (κ2) is 6.55. The Hall–Kier alpha value is -2.13. The van der Waals surface area contributed by atoms with Gasteiger partial charge in [0.2, 0.25) is 10.0 Å². The molecule has 0 fully saturated rings. The molecule has 0 spiro atoms. The smallest absolute Gasteiger partial charge is 0.267 e. The van der Waals surface area contributed by atoms with Gasteiger partial charge >= 0.3 is 0 Å². The average molecular weight is 339 g/mol. The number of hydrogen-bond acceptors (Lipinski definition) is 4. The molecule has 1 amide bonds. The van der Waals surface area contributed by atoms with E-state index in [0.717, 1.165) is 5.56 Å². The number of rotatable bonds is 6. The van der Waals surface area contributed by atoms with Crippen molar-refractivity contribution in [3.8, 4) is 0 Å². The van der Waals surface area contributed by atoms with Gasteiger partial charge in [0.05, 0.1) is 6.20 Å². The van der Waals surface area contributed by atoms with Crippen LogP contribution in [0.25, 0.3) is 0 Å². The van der Waals surface area contributed by atoms with Gasteiger partial charge in [0.25, 0.3) is 5.91 Å². The fourth-order valence-corrected chi connectivity index (χ4v) is 3.65. The number of aryl methyl sites for hydroxylation is 2. The molecule has 0 saturated carbocycles. The van der Waals surface area contributed by atoms with Crippen molar-refractivity contribution in [1.29, 1.82) is 0 Å². The van der Waals surface area contributed by atoms with E-state index >= 15 is 0 Å². The maximum absolute atomic E-state index is 12.4. The van der Waals surface area contributed by atoms with Gasteiger partial charge in [0.1, 0.15) is 10.6 Å². The average Bonchev–Trinajstić information content (AvgIpc) is 3.04. The maximum Gasteiger partial charge on any atom is 0.267 e. The fourth-order valence-electron chi connectivity index (χ4n) is 2.34. The van der Waals surface area contributed by atoms with Crippen LogP contribution in [0.5, 0.6) is 0 Å². The second-order valence-electron chi connectivity index (χ2n) is 5.50. The van der Waals surface area contributed by atoms with Gasteiger partial charge in [-0.25, -0.2) is 13.1 Å². The molecule has 0 aliphatic rings. The minimum Gasteiger partial charge on any atom is -0.354 e. The normalized spacial score (nSPS) is 13.0. The highest BCUT2D eigenvalue weighted by Gasteiger charge is 2.22. The molecule has 0 saturated heterocycles. The standard InChI is InChI=1S/C14H21N5O3S/c1-10(5-11-7-16-19(4)8-11)17-23(21,22)12-6-13(14(20)15-2)18(3)9-12/h6-10,17H,5H2,1-4H3,(H,15,20). The van der Waals surface area contributed by atoms with Crippen molar-refractivity contribution in [2.75, 3.05) is 7.05 Å². The Kier molecular flexibility index (Phi) is 4.90. The van der Waals surface area contributed by atoms with Crippen LogP contribution in [0.3, 0.4) is 0 Å². The molecule has 2 aromatic rings. The molecule has 8 nitrogen and oxygen atoms in total.